The van der Waals surface area contributed by atoms with Crippen LogP contribution in [0.5, 0.6) is 0 Å². The van der Waals surface area contributed by atoms with Gasteiger partial charge in [-0.15, -0.1) is 0 Å². The molecule has 1 aromatic carbocycles. The number of amides is 1. The Kier molecular flexibility index (Phi) is 15.0. The number of para-hydroxylation sites is 1. The Morgan fingerprint density at radius 2 is 1.94 bits per heavy atom. The van der Waals surface area contributed by atoms with E-state index in [-0.39, 0.29) is 29.3 Å². The smallest absolute Gasteiger partial charge is 0.290 e. The van der Waals surface area contributed by atoms with E-state index in [0.717, 1.165) is 46.0 Å². The van der Waals surface area contributed by atoms with Crippen molar-refractivity contribution in [2.45, 2.75) is 71.6 Å². The van der Waals surface area contributed by atoms with Gasteiger partial charge in [-0.25, -0.2) is 0 Å². The molecule has 4 N–H and O–H groups in total. The van der Waals surface area contributed by atoms with E-state index in [1.54, 1.807) is 13.1 Å². The maximum atomic E-state index is 12.9. The number of benzene rings is 1. The van der Waals surface area contributed by atoms with E-state index >= 15 is 0 Å². The van der Waals surface area contributed by atoms with Crippen molar-refractivity contribution < 1.29 is 23.8 Å². The molecule has 0 aliphatic carbocycles. The van der Waals surface area contributed by atoms with Crippen LogP contribution in [-0.4, -0.2) is 78.2 Å². The van der Waals surface area contributed by atoms with Gasteiger partial charge >= 0.3 is 0 Å². The average molecular weight is 715 g/mol. The predicted molar refractivity (Wildman–Crippen MR) is 189 cm³/mol. The Balaban J connectivity index is 0.000000663. The lowest BCUT2D eigenvalue weighted by atomic mass is 9.68. The molecular formula is C35H48BrN5O6. The molecule has 2 aromatic heterocycles. The number of ether oxygens (including phenoxy) is 1. The number of piperidine rings is 1. The summed E-state index contributed by atoms with van der Waals surface area (Å²) in [6.45, 7) is 12.3. The molecule has 11 nitrogen and oxygen atoms in total. The minimum Gasteiger partial charge on any atom is -0.483 e. The number of H-pyrrole nitrogens is 1. The minimum absolute atomic E-state index is 0.0654. The van der Waals surface area contributed by atoms with Crippen molar-refractivity contribution in [3.05, 3.63) is 62.7 Å². The van der Waals surface area contributed by atoms with E-state index in [1.807, 2.05) is 42.2 Å². The van der Waals surface area contributed by atoms with Gasteiger partial charge in [-0.1, -0.05) is 26.0 Å². The summed E-state index contributed by atoms with van der Waals surface area (Å²) < 4.78 is 12.5. The quantitative estimate of drug-likeness (QED) is 0.107. The second-order valence-corrected chi connectivity index (χ2v) is 13.2. The van der Waals surface area contributed by atoms with Crippen molar-refractivity contribution in [1.82, 2.24) is 15.2 Å². The molecule has 4 heterocycles. The number of fused-ring (bicyclic) bond motifs is 1. The van der Waals surface area contributed by atoms with Gasteiger partial charge in [-0.2, -0.15) is 0 Å². The molecule has 2 atom stereocenters. The highest BCUT2D eigenvalue weighted by Crippen LogP contribution is 2.38. The van der Waals surface area contributed by atoms with Crippen molar-refractivity contribution >= 4 is 56.4 Å². The van der Waals surface area contributed by atoms with Crippen LogP contribution in [0.25, 0.3) is 11.0 Å². The van der Waals surface area contributed by atoms with Gasteiger partial charge in [0.05, 0.1) is 18.7 Å². The van der Waals surface area contributed by atoms with Crippen LogP contribution < -0.4 is 10.9 Å². The first kappa shape index (κ1) is 37.8. The largest absolute Gasteiger partial charge is 0.483 e. The summed E-state index contributed by atoms with van der Waals surface area (Å²) in [5.41, 5.74) is 3.14. The van der Waals surface area contributed by atoms with Gasteiger partial charge in [-0.05, 0) is 99.1 Å². The lowest BCUT2D eigenvalue weighted by molar-refractivity contribution is -0.135. The zero-order chi connectivity index (χ0) is 34.4. The standard InChI is InChI=1S/C30H37BrN4O4.C4H9N.CH2O2/c1-19-18-35(13-12-30(19,4)24-16-22(31)17-33-29(24)37)26(36)11-15-38-14-7-8-20(2)34-27-23-9-5-6-10-25(23)39-28(27)21(3)32;1-2-4-5-3-1;2-1-3/h5-6,9-10,16-17,19,32H,7-8,11-15,18H2,1-4H3,(H,33,37);5H,1-4H2;1H,(H,2,3). The number of halogens is 1. The SMILES string of the molecule is C1CCNC1.CC(=N)c1oc2ccccc2c1N=C(C)CCCOCCC(=O)N1CCC(C)(c2cc(Br)c[nH]c2=O)C(C)C1.O=CO. The lowest BCUT2D eigenvalue weighted by Crippen LogP contribution is -2.51. The van der Waals surface area contributed by atoms with Gasteiger partial charge in [-0.3, -0.25) is 19.4 Å². The van der Waals surface area contributed by atoms with Crippen LogP contribution in [0.4, 0.5) is 5.69 Å². The number of carbonyl (C=O) groups is 2. The molecule has 3 aromatic rings. The molecule has 2 fully saturated rings. The molecular weight excluding hydrogens is 666 g/mol. The summed E-state index contributed by atoms with van der Waals surface area (Å²) in [7, 11) is 0. The molecule has 2 saturated heterocycles. The second-order valence-electron chi connectivity index (χ2n) is 12.2. The number of carboxylic acid groups (broad SMARTS) is 1. The summed E-state index contributed by atoms with van der Waals surface area (Å²) in [6.07, 6.45) is 7.06. The van der Waals surface area contributed by atoms with Gasteiger partial charge in [0.1, 0.15) is 11.3 Å². The predicted octanol–water partition coefficient (Wildman–Crippen LogP) is 6.45. The number of hydrogen-bond donors (Lipinski definition) is 4. The molecule has 12 heteroatoms. The first-order valence-electron chi connectivity index (χ1n) is 16.2. The van der Waals surface area contributed by atoms with Crippen molar-refractivity contribution in [2.75, 3.05) is 39.4 Å². The highest BCUT2D eigenvalue weighted by atomic mass is 79.9. The lowest BCUT2D eigenvalue weighted by Gasteiger charge is -2.44. The first-order valence-corrected chi connectivity index (χ1v) is 16.9. The van der Waals surface area contributed by atoms with Gasteiger partial charge in [0.25, 0.3) is 12.0 Å². The Morgan fingerprint density at radius 1 is 1.23 bits per heavy atom. The van der Waals surface area contributed by atoms with E-state index in [4.69, 9.17) is 29.5 Å². The molecule has 0 radical (unpaired) electrons. The minimum atomic E-state index is -0.287. The van der Waals surface area contributed by atoms with Gasteiger partial charge in [0, 0.05) is 52.4 Å². The fourth-order valence-electron chi connectivity index (χ4n) is 5.86. The highest BCUT2D eigenvalue weighted by Gasteiger charge is 2.40. The number of aromatic nitrogens is 1. The summed E-state index contributed by atoms with van der Waals surface area (Å²) in [5, 5.41) is 19.0. The van der Waals surface area contributed by atoms with Gasteiger partial charge in [0.15, 0.2) is 5.76 Å². The fraction of sp³-hybridized carbons (Fsp3) is 0.514. The second kappa shape index (κ2) is 18.7. The third-order valence-corrected chi connectivity index (χ3v) is 9.23. The number of aromatic amines is 1. The zero-order valence-corrected chi connectivity index (χ0v) is 29.5. The number of rotatable bonds is 10. The molecule has 0 spiro atoms. The van der Waals surface area contributed by atoms with Crippen LogP contribution in [0.1, 0.15) is 77.5 Å². The van der Waals surface area contributed by atoms with E-state index in [0.29, 0.717) is 49.9 Å². The molecule has 256 valence electrons. The number of furan rings is 1. The topological polar surface area (TPSA) is 161 Å². The fourth-order valence-corrected chi connectivity index (χ4v) is 6.21. The Hall–Kier alpha value is -3.61. The zero-order valence-electron chi connectivity index (χ0n) is 27.9. The number of hydrogen-bond acceptors (Lipinski definition) is 8. The normalized spacial score (nSPS) is 19.4. The monoisotopic (exact) mass is 713 g/mol. The van der Waals surface area contributed by atoms with E-state index in [2.05, 4.69) is 40.1 Å². The third-order valence-electron chi connectivity index (χ3n) is 8.78. The number of nitrogens with one attached hydrogen (secondary N) is 3. The molecule has 1 amide bonds. The van der Waals surface area contributed by atoms with E-state index in [1.165, 1.54) is 25.9 Å². The molecule has 0 saturated carbocycles. The van der Waals surface area contributed by atoms with Crippen molar-refractivity contribution in [1.29, 1.82) is 5.41 Å². The van der Waals surface area contributed by atoms with Crippen molar-refractivity contribution in [3.63, 3.8) is 0 Å². The molecule has 2 aliphatic heterocycles. The highest BCUT2D eigenvalue weighted by molar-refractivity contribution is 9.10. The maximum absolute atomic E-state index is 12.9. The van der Waals surface area contributed by atoms with Crippen LogP contribution in [0.3, 0.4) is 0 Å². The Labute approximate surface area is 284 Å². The van der Waals surface area contributed by atoms with E-state index in [9.17, 15) is 9.59 Å². The Bertz CT molecular complexity index is 1570. The summed E-state index contributed by atoms with van der Waals surface area (Å²) in [6, 6.07) is 9.60. The van der Waals surface area contributed by atoms with E-state index < -0.39 is 0 Å². The van der Waals surface area contributed by atoms with Crippen LogP contribution in [-0.2, 0) is 19.7 Å². The number of likely N-dealkylation sites (tertiary alicyclic amines) is 1. The van der Waals surface area contributed by atoms with Gasteiger partial charge < -0.3 is 34.9 Å². The van der Waals surface area contributed by atoms with Crippen molar-refractivity contribution in [3.8, 4) is 0 Å². The first-order chi connectivity index (χ1) is 22.5. The van der Waals surface area contributed by atoms with Crippen LogP contribution in [0, 0.1) is 11.3 Å². The average Bonchev–Trinajstić information content (AvgIpc) is 3.75. The number of carbonyl (C=O) groups excluding carboxylic acids is 1. The van der Waals surface area contributed by atoms with Crippen LogP contribution in [0.15, 0.2) is 55.2 Å². The third kappa shape index (κ3) is 10.7. The summed E-state index contributed by atoms with van der Waals surface area (Å²) in [5.74, 6) is 0.741. The molecule has 0 bridgehead atoms. The molecule has 47 heavy (non-hydrogen) atoms. The molecule has 2 aliphatic rings. The summed E-state index contributed by atoms with van der Waals surface area (Å²) in [4.78, 5) is 43.2. The van der Waals surface area contributed by atoms with Crippen molar-refractivity contribution in [2.24, 2.45) is 10.9 Å². The Morgan fingerprint density at radius 3 is 2.57 bits per heavy atom. The summed E-state index contributed by atoms with van der Waals surface area (Å²) >= 11 is 3.46. The number of pyridine rings is 1. The van der Waals surface area contributed by atoms with Crippen LogP contribution in [0.2, 0.25) is 0 Å². The number of aliphatic imine (C=N–C) groups is 1. The molecule has 2 unspecified atom stereocenters. The molecule has 5 rings (SSSR count). The van der Waals surface area contributed by atoms with Gasteiger partial charge in [0.2, 0.25) is 5.91 Å². The maximum Gasteiger partial charge on any atom is 0.290 e. The van der Waals surface area contributed by atoms with Crippen LogP contribution >= 0.6 is 15.9 Å². The number of nitrogens with zero attached hydrogens (tertiary/aromatic N) is 2.